The maximum atomic E-state index is 12.2. The zero-order chi connectivity index (χ0) is 19.7. The van der Waals surface area contributed by atoms with E-state index in [4.69, 9.17) is 0 Å². The number of aryl methyl sites for hydroxylation is 1. The fraction of sp³-hybridized carbons (Fsp3) is 0.650. The normalized spacial score (nSPS) is 16.5. The van der Waals surface area contributed by atoms with Crippen LogP contribution in [0, 0.1) is 0 Å². The van der Waals surface area contributed by atoms with Gasteiger partial charge in [0.15, 0.2) is 5.96 Å². The molecule has 1 aliphatic heterocycles. The van der Waals surface area contributed by atoms with Gasteiger partial charge in [-0.25, -0.2) is 12.7 Å². The van der Waals surface area contributed by atoms with Crippen LogP contribution in [0.2, 0.25) is 0 Å². The Kier molecular flexibility index (Phi) is 11.4. The molecule has 2 rings (SSSR count). The molecule has 28 heavy (non-hydrogen) atoms. The van der Waals surface area contributed by atoms with Crippen LogP contribution in [0.5, 0.6) is 0 Å². The van der Waals surface area contributed by atoms with E-state index in [0.29, 0.717) is 19.5 Å². The standard InChI is InChI=1S/C20H34N4O2S.HI/c1-4-16-27(25,26)24-14-11-19(12-15-24)23-20(21-3)22-13-10-18-8-6-17(5-2)7-9-18;/h6-9,19H,4-5,10-16H2,1-3H3,(H2,21,22,23);1H. The molecule has 2 N–H and O–H groups in total. The van der Waals surface area contributed by atoms with Crippen LogP contribution in [0.3, 0.4) is 0 Å². The Labute approximate surface area is 187 Å². The van der Waals surface area contributed by atoms with Crippen LogP contribution in [0.4, 0.5) is 0 Å². The van der Waals surface area contributed by atoms with Crippen molar-refractivity contribution in [2.45, 2.75) is 52.0 Å². The van der Waals surface area contributed by atoms with E-state index in [1.54, 1.807) is 11.4 Å². The van der Waals surface area contributed by atoms with Crippen molar-refractivity contribution < 1.29 is 8.42 Å². The van der Waals surface area contributed by atoms with Gasteiger partial charge in [-0.3, -0.25) is 4.99 Å². The van der Waals surface area contributed by atoms with E-state index in [0.717, 1.165) is 38.2 Å². The molecule has 0 spiro atoms. The van der Waals surface area contributed by atoms with Gasteiger partial charge in [0, 0.05) is 32.7 Å². The van der Waals surface area contributed by atoms with Crippen molar-refractivity contribution in [2.75, 3.05) is 32.4 Å². The highest BCUT2D eigenvalue weighted by atomic mass is 127. The largest absolute Gasteiger partial charge is 0.356 e. The van der Waals surface area contributed by atoms with Gasteiger partial charge in [0.1, 0.15) is 0 Å². The van der Waals surface area contributed by atoms with Gasteiger partial charge in [-0.15, -0.1) is 24.0 Å². The number of aliphatic imine (C=N–C) groups is 1. The molecule has 0 aromatic heterocycles. The first kappa shape index (κ1) is 25.2. The Morgan fingerprint density at radius 1 is 1.14 bits per heavy atom. The van der Waals surface area contributed by atoms with Crippen molar-refractivity contribution >= 4 is 40.0 Å². The SMILES string of the molecule is CCCS(=O)(=O)N1CCC(NC(=NC)NCCc2ccc(CC)cc2)CC1.I. The van der Waals surface area contributed by atoms with Crippen LogP contribution in [0.25, 0.3) is 0 Å². The number of nitrogens with one attached hydrogen (secondary N) is 2. The minimum Gasteiger partial charge on any atom is -0.356 e. The second-order valence-electron chi connectivity index (χ2n) is 7.05. The predicted octanol–water partition coefficient (Wildman–Crippen LogP) is 2.78. The number of hydrogen-bond acceptors (Lipinski definition) is 3. The Morgan fingerprint density at radius 2 is 1.75 bits per heavy atom. The lowest BCUT2D eigenvalue weighted by Crippen LogP contribution is -2.50. The van der Waals surface area contributed by atoms with Crippen molar-refractivity contribution in [1.82, 2.24) is 14.9 Å². The molecule has 0 bridgehead atoms. The number of nitrogens with zero attached hydrogens (tertiary/aromatic N) is 2. The molecule has 1 heterocycles. The maximum Gasteiger partial charge on any atom is 0.214 e. The van der Waals surface area contributed by atoms with Crippen LogP contribution in [0.15, 0.2) is 29.3 Å². The van der Waals surface area contributed by atoms with Gasteiger partial charge >= 0.3 is 0 Å². The minimum absolute atomic E-state index is 0. The number of benzene rings is 1. The predicted molar refractivity (Wildman–Crippen MR) is 128 cm³/mol. The molecular weight excluding hydrogens is 487 g/mol. The number of hydrogen-bond donors (Lipinski definition) is 2. The minimum atomic E-state index is -3.08. The molecule has 0 radical (unpaired) electrons. The lowest BCUT2D eigenvalue weighted by Gasteiger charge is -2.32. The van der Waals surface area contributed by atoms with E-state index in [1.165, 1.54) is 11.1 Å². The number of sulfonamides is 1. The summed E-state index contributed by atoms with van der Waals surface area (Å²) in [6.07, 6.45) is 4.29. The fourth-order valence-electron chi connectivity index (χ4n) is 3.32. The van der Waals surface area contributed by atoms with Crippen LogP contribution in [0.1, 0.15) is 44.2 Å². The van der Waals surface area contributed by atoms with Gasteiger partial charge in [0.2, 0.25) is 10.0 Å². The van der Waals surface area contributed by atoms with Crippen LogP contribution in [-0.2, 0) is 22.9 Å². The van der Waals surface area contributed by atoms with E-state index >= 15 is 0 Å². The Hall–Kier alpha value is -0.870. The van der Waals surface area contributed by atoms with E-state index in [1.807, 2.05) is 6.92 Å². The monoisotopic (exact) mass is 522 g/mol. The third-order valence-corrected chi connectivity index (χ3v) is 7.09. The zero-order valence-corrected chi connectivity index (χ0v) is 20.4. The maximum absolute atomic E-state index is 12.2. The molecule has 8 heteroatoms. The van der Waals surface area contributed by atoms with E-state index in [-0.39, 0.29) is 35.8 Å². The molecule has 0 amide bonds. The fourth-order valence-corrected chi connectivity index (χ4v) is 4.86. The molecule has 1 aromatic rings. The van der Waals surface area contributed by atoms with Crippen molar-refractivity contribution in [1.29, 1.82) is 0 Å². The van der Waals surface area contributed by atoms with E-state index in [9.17, 15) is 8.42 Å². The summed E-state index contributed by atoms with van der Waals surface area (Å²) in [6, 6.07) is 8.99. The molecule has 1 aromatic carbocycles. The van der Waals surface area contributed by atoms with Crippen molar-refractivity contribution in [3.8, 4) is 0 Å². The first-order valence-corrected chi connectivity index (χ1v) is 11.6. The Balaban J connectivity index is 0.00000392. The summed E-state index contributed by atoms with van der Waals surface area (Å²) in [4.78, 5) is 4.30. The third kappa shape index (κ3) is 7.87. The van der Waals surface area contributed by atoms with E-state index in [2.05, 4.69) is 46.8 Å². The van der Waals surface area contributed by atoms with Gasteiger partial charge in [0.05, 0.1) is 5.75 Å². The molecule has 0 aliphatic carbocycles. The first-order chi connectivity index (χ1) is 13.0. The smallest absolute Gasteiger partial charge is 0.214 e. The van der Waals surface area contributed by atoms with Crippen molar-refractivity contribution in [2.24, 2.45) is 4.99 Å². The Morgan fingerprint density at radius 3 is 2.29 bits per heavy atom. The van der Waals surface area contributed by atoms with Gasteiger partial charge in [-0.1, -0.05) is 38.1 Å². The highest BCUT2D eigenvalue weighted by molar-refractivity contribution is 14.0. The van der Waals surface area contributed by atoms with Crippen molar-refractivity contribution in [3.63, 3.8) is 0 Å². The van der Waals surface area contributed by atoms with Gasteiger partial charge in [-0.2, -0.15) is 0 Å². The summed E-state index contributed by atoms with van der Waals surface area (Å²) >= 11 is 0. The summed E-state index contributed by atoms with van der Waals surface area (Å²) in [5, 5.41) is 6.79. The van der Waals surface area contributed by atoms with E-state index < -0.39 is 10.0 Å². The van der Waals surface area contributed by atoms with Gasteiger partial charge in [-0.05, 0) is 43.2 Å². The third-order valence-electron chi connectivity index (χ3n) is 5.01. The van der Waals surface area contributed by atoms with Crippen molar-refractivity contribution in [3.05, 3.63) is 35.4 Å². The topological polar surface area (TPSA) is 73.8 Å². The number of halogens is 1. The number of rotatable bonds is 8. The first-order valence-electron chi connectivity index (χ1n) is 10.0. The molecule has 0 atom stereocenters. The zero-order valence-electron chi connectivity index (χ0n) is 17.3. The second kappa shape index (κ2) is 12.6. The molecule has 1 saturated heterocycles. The van der Waals surface area contributed by atoms with Gasteiger partial charge in [0.25, 0.3) is 0 Å². The number of guanidine groups is 1. The summed E-state index contributed by atoms with van der Waals surface area (Å²) in [7, 11) is -1.31. The average molecular weight is 522 g/mol. The summed E-state index contributed by atoms with van der Waals surface area (Å²) in [5.41, 5.74) is 2.67. The highest BCUT2D eigenvalue weighted by Crippen LogP contribution is 2.15. The average Bonchev–Trinajstić information content (AvgIpc) is 2.68. The molecule has 6 nitrogen and oxygen atoms in total. The van der Waals surface area contributed by atoms with Crippen LogP contribution < -0.4 is 10.6 Å². The highest BCUT2D eigenvalue weighted by Gasteiger charge is 2.27. The second-order valence-corrected chi connectivity index (χ2v) is 9.14. The lowest BCUT2D eigenvalue weighted by atomic mass is 10.1. The molecule has 1 fully saturated rings. The summed E-state index contributed by atoms with van der Waals surface area (Å²) < 4.78 is 25.9. The van der Waals surface area contributed by atoms with Crippen LogP contribution in [-0.4, -0.2) is 57.2 Å². The molecule has 0 saturated carbocycles. The summed E-state index contributed by atoms with van der Waals surface area (Å²) in [5.74, 6) is 1.03. The van der Waals surface area contributed by atoms with Crippen LogP contribution >= 0.6 is 24.0 Å². The molecular formula is C20H35IN4O2S. The molecule has 0 unspecified atom stereocenters. The Bertz CT molecular complexity index is 699. The summed E-state index contributed by atoms with van der Waals surface area (Å²) in [6.45, 7) is 6.05. The number of piperidine rings is 1. The van der Waals surface area contributed by atoms with Gasteiger partial charge < -0.3 is 10.6 Å². The quantitative estimate of drug-likeness (QED) is 0.313. The molecule has 160 valence electrons. The molecule has 1 aliphatic rings. The lowest BCUT2D eigenvalue weighted by molar-refractivity contribution is 0.306.